The van der Waals surface area contributed by atoms with E-state index < -0.39 is 64.4 Å². The van der Waals surface area contributed by atoms with Crippen LogP contribution in [0, 0.1) is 23.2 Å². The molecule has 11 heteroatoms. The fourth-order valence-electron chi connectivity index (χ4n) is 6.01. The SMILES string of the molecule is CCC1(CC)C(NC(=O)Nc2cccc(Cl)c2)C2C(C(=O)O)C2C1(NC(=O)OC(C)(C)C)C(=O)O. The molecule has 1 aromatic carbocycles. The third kappa shape index (κ3) is 4.51. The number of aliphatic carboxylic acids is 2. The van der Waals surface area contributed by atoms with E-state index in [-0.39, 0.29) is 12.8 Å². The van der Waals surface area contributed by atoms with Gasteiger partial charge in [0.1, 0.15) is 5.60 Å². The molecule has 0 aliphatic heterocycles. The number of carboxylic acid groups (broad SMARTS) is 2. The fourth-order valence-corrected chi connectivity index (χ4v) is 6.20. The molecular weight excluding hydrogens is 478 g/mol. The van der Waals surface area contributed by atoms with Gasteiger partial charge >= 0.3 is 24.1 Å². The number of fused-ring (bicyclic) bond motifs is 1. The van der Waals surface area contributed by atoms with Crippen LogP contribution in [0.25, 0.3) is 0 Å². The molecule has 0 heterocycles. The van der Waals surface area contributed by atoms with Gasteiger partial charge in [-0.25, -0.2) is 14.4 Å². The molecular formula is C24H32ClN3O7. The van der Waals surface area contributed by atoms with Crippen LogP contribution in [0.5, 0.6) is 0 Å². The quantitative estimate of drug-likeness (QED) is 0.373. The summed E-state index contributed by atoms with van der Waals surface area (Å²) in [6.45, 7) is 8.47. The van der Waals surface area contributed by atoms with E-state index in [0.717, 1.165) is 0 Å². The van der Waals surface area contributed by atoms with Gasteiger partial charge in [0.05, 0.1) is 5.92 Å². The smallest absolute Gasteiger partial charge is 0.408 e. The van der Waals surface area contributed by atoms with E-state index in [2.05, 4.69) is 16.0 Å². The summed E-state index contributed by atoms with van der Waals surface area (Å²) in [6.07, 6.45) is -0.440. The summed E-state index contributed by atoms with van der Waals surface area (Å²) in [6, 6.07) is 5.03. The third-order valence-corrected chi connectivity index (χ3v) is 7.53. The summed E-state index contributed by atoms with van der Waals surface area (Å²) in [4.78, 5) is 50.8. The number of halogens is 1. The van der Waals surface area contributed by atoms with Crippen LogP contribution in [0.4, 0.5) is 15.3 Å². The molecule has 1 aromatic rings. The lowest BCUT2D eigenvalue weighted by Crippen LogP contribution is -2.69. The van der Waals surface area contributed by atoms with Crippen molar-refractivity contribution in [3.8, 4) is 0 Å². The summed E-state index contributed by atoms with van der Waals surface area (Å²) >= 11 is 5.98. The van der Waals surface area contributed by atoms with Crippen molar-refractivity contribution in [2.45, 2.75) is 64.6 Å². The Balaban J connectivity index is 2.02. The van der Waals surface area contributed by atoms with Crippen molar-refractivity contribution in [2.24, 2.45) is 23.2 Å². The van der Waals surface area contributed by atoms with Gasteiger partial charge in [-0.2, -0.15) is 0 Å². The number of carboxylic acids is 2. The second-order valence-corrected chi connectivity index (χ2v) is 10.6. The second kappa shape index (κ2) is 9.22. The minimum absolute atomic E-state index is 0.257. The molecule has 0 bridgehead atoms. The van der Waals surface area contributed by atoms with Gasteiger partial charge in [-0.3, -0.25) is 4.79 Å². The van der Waals surface area contributed by atoms with Crippen LogP contribution < -0.4 is 16.0 Å². The number of benzene rings is 1. The number of rotatable bonds is 7. The molecule has 0 radical (unpaired) electrons. The molecule has 2 aliphatic rings. The number of hydrogen-bond acceptors (Lipinski definition) is 5. The monoisotopic (exact) mass is 509 g/mol. The number of amides is 3. The molecule has 192 valence electrons. The molecule has 0 aromatic heterocycles. The predicted octanol–water partition coefficient (Wildman–Crippen LogP) is 3.95. The van der Waals surface area contributed by atoms with Gasteiger partial charge in [0.25, 0.3) is 0 Å². The van der Waals surface area contributed by atoms with Crippen molar-refractivity contribution in [1.82, 2.24) is 10.6 Å². The lowest BCUT2D eigenvalue weighted by atomic mass is 9.62. The van der Waals surface area contributed by atoms with Crippen molar-refractivity contribution in [1.29, 1.82) is 0 Å². The average Bonchev–Trinajstić information content (AvgIpc) is 3.42. The van der Waals surface area contributed by atoms with E-state index in [1.165, 1.54) is 0 Å². The Labute approximate surface area is 208 Å². The number of alkyl carbamates (subject to hydrolysis) is 1. The lowest BCUT2D eigenvalue weighted by molar-refractivity contribution is -0.155. The van der Waals surface area contributed by atoms with E-state index in [1.54, 1.807) is 58.9 Å². The minimum atomic E-state index is -1.96. The number of carbonyl (C=O) groups is 4. The Kier molecular flexibility index (Phi) is 7.00. The number of hydrogen-bond donors (Lipinski definition) is 5. The van der Waals surface area contributed by atoms with E-state index in [1.807, 2.05) is 0 Å². The molecule has 5 atom stereocenters. The minimum Gasteiger partial charge on any atom is -0.481 e. The Hall–Kier alpha value is -3.01. The first-order valence-corrected chi connectivity index (χ1v) is 11.9. The molecule has 10 nitrogen and oxygen atoms in total. The Morgan fingerprint density at radius 3 is 2.23 bits per heavy atom. The highest BCUT2D eigenvalue weighted by atomic mass is 35.5. The van der Waals surface area contributed by atoms with Gasteiger partial charge in [-0.15, -0.1) is 0 Å². The maximum absolute atomic E-state index is 13.0. The zero-order valence-corrected chi connectivity index (χ0v) is 21.1. The first kappa shape index (κ1) is 26.6. The van der Waals surface area contributed by atoms with Crippen LogP contribution in [0.15, 0.2) is 24.3 Å². The first-order valence-electron chi connectivity index (χ1n) is 11.5. The highest BCUT2D eigenvalue weighted by molar-refractivity contribution is 6.30. The lowest BCUT2D eigenvalue weighted by Gasteiger charge is -2.48. The summed E-state index contributed by atoms with van der Waals surface area (Å²) in [5, 5.41) is 28.8. The van der Waals surface area contributed by atoms with E-state index in [9.17, 15) is 29.4 Å². The number of anilines is 1. The van der Waals surface area contributed by atoms with Crippen LogP contribution in [0.3, 0.4) is 0 Å². The van der Waals surface area contributed by atoms with E-state index >= 15 is 0 Å². The maximum atomic E-state index is 13.0. The van der Waals surface area contributed by atoms with Gasteiger partial charge in [0, 0.05) is 28.1 Å². The fraction of sp³-hybridized carbons (Fsp3) is 0.583. The molecule has 0 spiro atoms. The van der Waals surface area contributed by atoms with Crippen LogP contribution >= 0.6 is 11.6 Å². The summed E-state index contributed by atoms with van der Waals surface area (Å²) in [5.74, 6) is -5.21. The molecule has 0 saturated heterocycles. The molecule has 2 saturated carbocycles. The van der Waals surface area contributed by atoms with Crippen molar-refractivity contribution >= 4 is 41.4 Å². The predicted molar refractivity (Wildman–Crippen MR) is 128 cm³/mol. The van der Waals surface area contributed by atoms with Gasteiger partial charge in [0.15, 0.2) is 5.54 Å². The third-order valence-electron chi connectivity index (χ3n) is 7.29. The van der Waals surface area contributed by atoms with Crippen LogP contribution in [-0.4, -0.2) is 51.5 Å². The first-order chi connectivity index (χ1) is 16.2. The van der Waals surface area contributed by atoms with Gasteiger partial charge < -0.3 is 30.9 Å². The summed E-state index contributed by atoms with van der Waals surface area (Å²) in [5.41, 5.74) is -3.61. The highest BCUT2D eigenvalue weighted by Gasteiger charge is 2.84. The van der Waals surface area contributed by atoms with Crippen molar-refractivity contribution in [3.05, 3.63) is 29.3 Å². The topological polar surface area (TPSA) is 154 Å². The van der Waals surface area contributed by atoms with Crippen LogP contribution in [0.2, 0.25) is 5.02 Å². The average molecular weight is 510 g/mol. The Morgan fingerprint density at radius 1 is 1.11 bits per heavy atom. The molecule has 5 unspecified atom stereocenters. The molecule has 35 heavy (non-hydrogen) atoms. The molecule has 3 rings (SSSR count). The van der Waals surface area contributed by atoms with Gasteiger partial charge in [-0.05, 0) is 57.7 Å². The molecule has 2 aliphatic carbocycles. The molecule has 2 fully saturated rings. The molecule has 5 N–H and O–H groups in total. The van der Waals surface area contributed by atoms with Gasteiger partial charge in [0.2, 0.25) is 0 Å². The van der Waals surface area contributed by atoms with Crippen LogP contribution in [-0.2, 0) is 14.3 Å². The van der Waals surface area contributed by atoms with Gasteiger partial charge in [-0.1, -0.05) is 31.5 Å². The van der Waals surface area contributed by atoms with E-state index in [0.29, 0.717) is 10.7 Å². The number of carbonyl (C=O) groups excluding carboxylic acids is 2. The second-order valence-electron chi connectivity index (χ2n) is 10.2. The van der Waals surface area contributed by atoms with Crippen LogP contribution in [0.1, 0.15) is 47.5 Å². The Morgan fingerprint density at radius 2 is 1.74 bits per heavy atom. The zero-order chi connectivity index (χ0) is 26.3. The number of ether oxygens (including phenoxy) is 1. The molecule has 3 amide bonds. The van der Waals surface area contributed by atoms with Crippen molar-refractivity contribution in [2.75, 3.05) is 5.32 Å². The van der Waals surface area contributed by atoms with Crippen molar-refractivity contribution < 1.29 is 34.1 Å². The largest absolute Gasteiger partial charge is 0.481 e. The Bertz CT molecular complexity index is 1040. The van der Waals surface area contributed by atoms with E-state index in [4.69, 9.17) is 16.3 Å². The number of urea groups is 1. The van der Waals surface area contributed by atoms with Crippen molar-refractivity contribution in [3.63, 3.8) is 0 Å². The number of nitrogens with one attached hydrogen (secondary N) is 3. The zero-order valence-electron chi connectivity index (χ0n) is 20.3. The standard InChI is InChI=1S/C24H32ClN3O7/c1-6-23(7-2)17(27-20(33)26-13-10-8-9-12(25)11-13)14-15(18(29)30)16(14)24(23,19(31)32)28-21(34)35-22(3,4)5/h8-11,14-17H,6-7H2,1-5H3,(H,28,34)(H,29,30)(H,31,32)(H2,26,27,33). The normalized spacial score (nSPS) is 28.4. The summed E-state index contributed by atoms with van der Waals surface area (Å²) < 4.78 is 5.35. The maximum Gasteiger partial charge on any atom is 0.408 e. The highest BCUT2D eigenvalue weighted by Crippen LogP contribution is 2.71. The summed E-state index contributed by atoms with van der Waals surface area (Å²) in [7, 11) is 0.